The van der Waals surface area contributed by atoms with Crippen LogP contribution < -0.4 is 40.8 Å². The van der Waals surface area contributed by atoms with Gasteiger partial charge in [0.1, 0.15) is 34.7 Å². The van der Waals surface area contributed by atoms with Gasteiger partial charge in [-0.25, -0.2) is 22.4 Å². The van der Waals surface area contributed by atoms with E-state index in [1.807, 2.05) is 32.8 Å². The summed E-state index contributed by atoms with van der Waals surface area (Å²) in [4.78, 5) is 109. The molecule has 2 aromatic heterocycles. The lowest BCUT2D eigenvalue weighted by atomic mass is 9.44. The van der Waals surface area contributed by atoms with Crippen LogP contribution in [0.15, 0.2) is 57.2 Å². The molecule has 4 aromatic rings. The molecule has 113 heavy (non-hydrogen) atoms. The number of aryl methyl sites for hydroxylation is 2. The third-order valence-corrected chi connectivity index (χ3v) is 30.1. The molecule has 8 N–H and O–H groups in total. The van der Waals surface area contributed by atoms with Crippen LogP contribution >= 0.6 is 0 Å². The summed E-state index contributed by atoms with van der Waals surface area (Å²) < 4.78 is 82.1. The maximum atomic E-state index is 17.7. The summed E-state index contributed by atoms with van der Waals surface area (Å²) in [5.41, 5.74) is -9.91. The van der Waals surface area contributed by atoms with Gasteiger partial charge in [-0.1, -0.05) is 51.0 Å². The molecule has 26 heteroatoms. The van der Waals surface area contributed by atoms with E-state index in [2.05, 4.69) is 10.6 Å². The van der Waals surface area contributed by atoms with Crippen molar-refractivity contribution in [2.75, 3.05) is 69.9 Å². The van der Waals surface area contributed by atoms with Crippen LogP contribution in [0.4, 0.5) is 28.9 Å². The maximum absolute atomic E-state index is 17.7. The number of nitrogens with zero attached hydrogens (tertiary/aromatic N) is 4. The van der Waals surface area contributed by atoms with Crippen LogP contribution in [0.25, 0.3) is 21.8 Å². The minimum atomic E-state index is -2.11. The first kappa shape index (κ1) is 81.8. The summed E-state index contributed by atoms with van der Waals surface area (Å²) in [6, 6.07) is 0.368. The average molecular weight is 1570 g/mol. The number of hydrogen-bond donors (Lipinski definition) is 8. The highest BCUT2D eigenvalue weighted by molar-refractivity contribution is 6.06. The topological polar surface area (TPSA) is 317 Å². The van der Waals surface area contributed by atoms with Crippen LogP contribution in [0.2, 0.25) is 0 Å². The van der Waals surface area contributed by atoms with Crippen molar-refractivity contribution in [1.82, 2.24) is 19.8 Å². The zero-order valence-electron chi connectivity index (χ0n) is 67.3. The number of aliphatic hydroxyl groups is 5. The Hall–Kier alpha value is -7.72. The fraction of sp³-hybridized carbons (Fsp3) is 0.632. The number of halogens is 4. The van der Waals surface area contributed by atoms with E-state index in [9.17, 15) is 69.0 Å². The zero-order valence-corrected chi connectivity index (χ0v) is 67.3. The molecule has 8 saturated carbocycles. The number of ketones is 5. The lowest BCUT2D eigenvalue weighted by molar-refractivity contribution is -0.219. The van der Waals surface area contributed by atoms with Crippen molar-refractivity contribution in [2.45, 2.75) is 232 Å². The molecule has 0 amide bonds. The van der Waals surface area contributed by atoms with E-state index in [0.29, 0.717) is 128 Å². The van der Waals surface area contributed by atoms with Crippen molar-refractivity contribution in [3.8, 4) is 11.5 Å². The Bertz CT molecular complexity index is 4980. The molecule has 10 aliphatic carbocycles. The first-order valence-electron chi connectivity index (χ1n) is 40.5. The number of hydrogen-bond acceptors (Lipinski definition) is 19. The number of Topliss-reactive ketones (excluding diaryl/α,β-unsaturated/α-hetero) is 3. The Morgan fingerprint density at radius 3 is 1.34 bits per heavy atom. The Labute approximate surface area is 655 Å². The largest absolute Gasteiger partial charge is 0.492 e. The summed E-state index contributed by atoms with van der Waals surface area (Å²) >= 11 is 0. The predicted molar refractivity (Wildman–Crippen MR) is 418 cm³/mol. The molecule has 0 radical (unpaired) electrons. The van der Waals surface area contributed by atoms with Gasteiger partial charge in [0.05, 0.1) is 53.8 Å². The van der Waals surface area contributed by atoms with Crippen molar-refractivity contribution < 1.29 is 86.4 Å². The number of rotatable bonds is 14. The molecular formula is C87H110F4N6O16. The number of methoxy groups -OCH3 is 2. The number of aromatic carboxylic acids is 1. The van der Waals surface area contributed by atoms with Gasteiger partial charge in [0.2, 0.25) is 10.9 Å². The number of carboxylic acids is 1. The van der Waals surface area contributed by atoms with Gasteiger partial charge < -0.3 is 69.7 Å². The number of ether oxygens (including phenoxy) is 2. The summed E-state index contributed by atoms with van der Waals surface area (Å²) in [5.74, 6) is -7.01. The van der Waals surface area contributed by atoms with Crippen molar-refractivity contribution in [1.29, 1.82) is 0 Å². The van der Waals surface area contributed by atoms with Gasteiger partial charge in [0, 0.05) is 132 Å². The van der Waals surface area contributed by atoms with E-state index in [4.69, 9.17) is 9.47 Å². The normalized spacial score (nSPS) is 36.2. The number of aromatic nitrogens is 2. The number of carbonyl (C=O) groups excluding carboxylic acids is 5. The predicted octanol–water partition coefficient (Wildman–Crippen LogP) is 10.3. The van der Waals surface area contributed by atoms with Crippen LogP contribution in [-0.2, 0) is 19.2 Å². The summed E-state index contributed by atoms with van der Waals surface area (Å²) in [5, 5.41) is 72.8. The first-order valence-corrected chi connectivity index (χ1v) is 40.5. The van der Waals surface area contributed by atoms with E-state index in [1.54, 1.807) is 81.4 Å². The van der Waals surface area contributed by atoms with Gasteiger partial charge in [-0.05, 0) is 180 Å². The van der Waals surface area contributed by atoms with Crippen LogP contribution in [0.5, 0.6) is 11.5 Å². The number of carboxylic acid groups (broad SMARTS) is 1. The van der Waals surface area contributed by atoms with E-state index >= 15 is 17.6 Å². The Morgan fingerprint density at radius 1 is 0.575 bits per heavy atom. The smallest absolute Gasteiger partial charge is 0.341 e. The van der Waals surface area contributed by atoms with Crippen LogP contribution in [-0.4, -0.2) is 182 Å². The molecule has 0 spiro atoms. The number of pyridine rings is 2. The van der Waals surface area contributed by atoms with E-state index < -0.39 is 138 Å². The Morgan fingerprint density at radius 2 is 0.965 bits per heavy atom. The second-order valence-corrected chi connectivity index (χ2v) is 36.0. The molecule has 2 saturated heterocycles. The number of carbonyl (C=O) groups is 6. The summed E-state index contributed by atoms with van der Waals surface area (Å²) in [6.45, 7) is 24.0. The number of alkyl halides is 2. The fourth-order valence-corrected chi connectivity index (χ4v) is 24.1. The Balaban J connectivity index is 0.000000155. The molecule has 4 heterocycles. The quantitative estimate of drug-likeness (QED) is 0.0430. The zero-order chi connectivity index (χ0) is 82.2. The highest BCUT2D eigenvalue weighted by Gasteiger charge is 2.77. The summed E-state index contributed by atoms with van der Waals surface area (Å²) in [7, 11) is 2.94. The number of nitrogens with one attached hydrogen (secondary N) is 2. The maximum Gasteiger partial charge on any atom is 0.341 e. The van der Waals surface area contributed by atoms with Gasteiger partial charge in [0.15, 0.2) is 63.4 Å². The second-order valence-electron chi connectivity index (χ2n) is 36.0. The van der Waals surface area contributed by atoms with Gasteiger partial charge in [-0.2, -0.15) is 0 Å². The molecular weight excluding hydrogens is 1460 g/mol. The Kier molecular flexibility index (Phi) is 20.7. The first-order chi connectivity index (χ1) is 53.1. The number of piperazine rings is 2. The van der Waals surface area contributed by atoms with Crippen LogP contribution in [0.1, 0.15) is 201 Å². The molecule has 0 bridgehead atoms. The molecule has 22 nitrogen and oxygen atoms in total. The number of benzene rings is 2. The monoisotopic (exact) mass is 1570 g/mol. The van der Waals surface area contributed by atoms with Gasteiger partial charge in [-0.3, -0.25) is 33.6 Å². The number of allylic oxidation sites excluding steroid dienone is 8. The van der Waals surface area contributed by atoms with Gasteiger partial charge in [-0.15, -0.1) is 0 Å². The number of anilines is 2. The average Bonchev–Trinajstić information content (AvgIpc) is 1.57. The van der Waals surface area contributed by atoms with E-state index in [0.717, 1.165) is 25.7 Å². The van der Waals surface area contributed by atoms with Crippen LogP contribution in [0.3, 0.4) is 0 Å². The lowest BCUT2D eigenvalue weighted by Crippen LogP contribution is -2.69. The van der Waals surface area contributed by atoms with E-state index in [-0.39, 0.29) is 106 Å². The molecule has 2 aliphatic heterocycles. The molecule has 612 valence electrons. The number of aliphatic hydroxyl groups excluding tert-OH is 3. The highest BCUT2D eigenvalue weighted by Crippen LogP contribution is 2.73. The van der Waals surface area contributed by atoms with Crippen molar-refractivity contribution >= 4 is 68.1 Å². The van der Waals surface area contributed by atoms with Crippen molar-refractivity contribution in [3.05, 3.63) is 113 Å². The van der Waals surface area contributed by atoms with Crippen LogP contribution in [0, 0.1) is 96.5 Å². The molecule has 10 fully saturated rings. The number of fused-ring (bicyclic) bond motifs is 12. The lowest BCUT2D eigenvalue weighted by Gasteiger charge is -2.62. The molecule has 12 aliphatic rings. The molecule has 16 rings (SSSR count). The van der Waals surface area contributed by atoms with Crippen molar-refractivity contribution in [2.24, 2.45) is 57.2 Å². The standard InChI is InChI=1S/C44H55F2N3O7.C22H29FO5.C21H26FN3O4/c1-22-18-30-29-11-8-26-19-28(50)14-15-41(26,5)43(29,46)33(53)20-42(30,6)44(22,55)32(52)13-12-31(51)35-25(4)49(27-9-10-27)37-34(39(35)54)24(3)36(45)38(40(37)56-7)48-17-16-47-23(2)21-48;1-12-8-16-15-5-4-13-9-14(25)6-7-19(13,2)21(15,23)17(26)10-20(16,3)22(12,28)18(27)11-24;1-10-9-24(8-7-23-10)18-16(22)11(2)14-17(20(18)29-4)25(13-5-6-13)12(3)15(19(14)26)21(27)28/h14-15,19,22-23,27,29-30,33,47,53,55H,8-13,16-18,20-21H2,1-7H3;6-7,9,12,15-17,24,26,28H,4-5,8,10-11H2,1-3H3;10,13,23H,5-9H2,1-4H3,(H,27,28)/t22-,23?,29+,30+,33+,41+,42+,43+,44+;12-,15+,16+,17+,19+,20+,21+,22+;/m11./s1. The third kappa shape index (κ3) is 11.7. The molecule has 2 aromatic carbocycles. The minimum absolute atomic E-state index is 0.0182. The van der Waals surface area contributed by atoms with Gasteiger partial charge >= 0.3 is 5.97 Å². The third-order valence-electron chi connectivity index (χ3n) is 30.1. The molecule has 18 atom stereocenters. The van der Waals surface area contributed by atoms with Crippen molar-refractivity contribution in [3.63, 3.8) is 0 Å². The SMILES string of the molecule is COc1c(N2CCNC(C)C2)c(F)c(C)c2c(=O)c(C(=O)CCC(=O)[C@@]3(O)[C@H](C)C[C@H]4[C@@H]5CCC6=CC(=O)C=C[C@]6(C)[C@@]5(F)[C@@H](O)C[C@@]43C)c(C)n(C3CC3)c12.COc1c(N2CCNC(C)C2)c(F)c(C)c2c(=O)c(C(=O)O)c(C)n(C3CC3)c12.C[C@@H]1C[C@H]2[C@@H]3CCC4=CC(=O)C=C[C@]4(C)[C@@]3(F)[C@@H](O)C[C@]2(C)[C@@]1(O)C(=O)CO. The van der Waals surface area contributed by atoms with E-state index in [1.165, 1.54) is 38.5 Å². The molecule has 2 unspecified atom stereocenters. The summed E-state index contributed by atoms with van der Waals surface area (Å²) in [6.07, 6.45) is 11.0. The fourth-order valence-electron chi connectivity index (χ4n) is 24.1. The second kappa shape index (κ2) is 28.6. The highest BCUT2D eigenvalue weighted by atomic mass is 19.2. The minimum Gasteiger partial charge on any atom is -0.492 e. The van der Waals surface area contributed by atoms with Gasteiger partial charge in [0.25, 0.3) is 0 Å².